The highest BCUT2D eigenvalue weighted by Gasteiger charge is 2.12. The van der Waals surface area contributed by atoms with Crippen LogP contribution in [0.15, 0.2) is 47.1 Å². The molecule has 0 aliphatic heterocycles. The number of nitrogens with zero attached hydrogens (tertiary/aromatic N) is 3. The third-order valence-electron chi connectivity index (χ3n) is 3.97. The SMILES string of the molecule is Cc1cccc(CNc2ccc(C(=O)NCc3noc(C(C)C)n3)cn2)c1. The lowest BCUT2D eigenvalue weighted by atomic mass is 10.1. The minimum atomic E-state index is -0.233. The zero-order valence-electron chi connectivity index (χ0n) is 15.7. The second kappa shape index (κ2) is 8.44. The van der Waals surface area contributed by atoms with Gasteiger partial charge in [-0.25, -0.2) is 4.98 Å². The first kappa shape index (κ1) is 18.6. The molecule has 2 heterocycles. The Kier molecular flexibility index (Phi) is 5.80. The van der Waals surface area contributed by atoms with E-state index in [4.69, 9.17) is 4.52 Å². The number of rotatable bonds is 7. The minimum absolute atomic E-state index is 0.158. The summed E-state index contributed by atoms with van der Waals surface area (Å²) in [4.78, 5) is 20.8. The molecular formula is C20H23N5O2. The van der Waals surface area contributed by atoms with Gasteiger partial charge in [-0.1, -0.05) is 48.8 Å². The van der Waals surface area contributed by atoms with Crippen molar-refractivity contribution in [3.8, 4) is 0 Å². The number of hydrogen-bond acceptors (Lipinski definition) is 6. The predicted octanol–water partition coefficient (Wildman–Crippen LogP) is 3.44. The Labute approximate surface area is 158 Å². The number of carbonyl (C=O) groups excluding carboxylic acids is 1. The monoisotopic (exact) mass is 365 g/mol. The van der Waals surface area contributed by atoms with Gasteiger partial charge in [-0.3, -0.25) is 4.79 Å². The van der Waals surface area contributed by atoms with Crippen LogP contribution in [0.4, 0.5) is 5.82 Å². The summed E-state index contributed by atoms with van der Waals surface area (Å²) in [5, 5.41) is 9.87. The second-order valence-electron chi connectivity index (χ2n) is 6.66. The predicted molar refractivity (Wildman–Crippen MR) is 102 cm³/mol. The number of pyridine rings is 1. The molecule has 0 unspecified atom stereocenters. The first-order valence-electron chi connectivity index (χ1n) is 8.87. The van der Waals surface area contributed by atoms with Crippen LogP contribution in [0.2, 0.25) is 0 Å². The number of carbonyl (C=O) groups is 1. The summed E-state index contributed by atoms with van der Waals surface area (Å²) in [7, 11) is 0. The summed E-state index contributed by atoms with van der Waals surface area (Å²) in [6.07, 6.45) is 1.55. The highest BCUT2D eigenvalue weighted by molar-refractivity contribution is 5.93. The first-order chi connectivity index (χ1) is 13.0. The maximum absolute atomic E-state index is 12.2. The van der Waals surface area contributed by atoms with Gasteiger partial charge in [-0.15, -0.1) is 0 Å². The van der Waals surface area contributed by atoms with Crippen LogP contribution in [0.1, 0.15) is 53.0 Å². The van der Waals surface area contributed by atoms with E-state index in [1.165, 1.54) is 11.1 Å². The Morgan fingerprint density at radius 2 is 2.04 bits per heavy atom. The van der Waals surface area contributed by atoms with Crippen molar-refractivity contribution in [2.24, 2.45) is 0 Å². The van der Waals surface area contributed by atoms with Gasteiger partial charge in [-0.05, 0) is 24.6 Å². The molecule has 0 saturated carbocycles. The van der Waals surface area contributed by atoms with E-state index in [1.54, 1.807) is 18.3 Å². The molecule has 7 heteroatoms. The maximum atomic E-state index is 12.2. The van der Waals surface area contributed by atoms with Gasteiger partial charge in [0.1, 0.15) is 5.82 Å². The standard InChI is InChI=1S/C20H23N5O2/c1-13(2)20-24-18(25-27-20)12-23-19(26)16-7-8-17(22-11-16)21-10-15-6-4-5-14(3)9-15/h4-9,11,13H,10,12H2,1-3H3,(H,21,22)(H,23,26). The summed E-state index contributed by atoms with van der Waals surface area (Å²) >= 11 is 0. The molecule has 0 aliphatic carbocycles. The summed E-state index contributed by atoms with van der Waals surface area (Å²) < 4.78 is 5.12. The van der Waals surface area contributed by atoms with E-state index < -0.39 is 0 Å². The number of nitrogens with one attached hydrogen (secondary N) is 2. The van der Waals surface area contributed by atoms with Crippen LogP contribution in [0, 0.1) is 6.92 Å². The van der Waals surface area contributed by atoms with Gasteiger partial charge in [0.2, 0.25) is 5.89 Å². The molecule has 2 aromatic heterocycles. The van der Waals surface area contributed by atoms with Gasteiger partial charge in [0.25, 0.3) is 5.91 Å². The van der Waals surface area contributed by atoms with Crippen molar-refractivity contribution in [1.29, 1.82) is 0 Å². The van der Waals surface area contributed by atoms with E-state index in [2.05, 4.69) is 50.9 Å². The van der Waals surface area contributed by atoms with Gasteiger partial charge < -0.3 is 15.2 Å². The van der Waals surface area contributed by atoms with Crippen molar-refractivity contribution < 1.29 is 9.32 Å². The Hall–Kier alpha value is -3.22. The quantitative estimate of drug-likeness (QED) is 0.666. The van der Waals surface area contributed by atoms with Crippen LogP contribution >= 0.6 is 0 Å². The van der Waals surface area contributed by atoms with Crippen molar-refractivity contribution in [3.63, 3.8) is 0 Å². The largest absolute Gasteiger partial charge is 0.366 e. The van der Waals surface area contributed by atoms with Crippen LogP contribution in [0.3, 0.4) is 0 Å². The van der Waals surface area contributed by atoms with Crippen LogP contribution < -0.4 is 10.6 Å². The first-order valence-corrected chi connectivity index (χ1v) is 8.87. The lowest BCUT2D eigenvalue weighted by Crippen LogP contribution is -2.23. The molecule has 0 aliphatic rings. The normalized spacial score (nSPS) is 10.8. The second-order valence-corrected chi connectivity index (χ2v) is 6.66. The molecule has 3 aromatic rings. The summed E-state index contributed by atoms with van der Waals surface area (Å²) in [5.74, 6) is 1.66. The Morgan fingerprint density at radius 1 is 1.19 bits per heavy atom. The lowest BCUT2D eigenvalue weighted by molar-refractivity contribution is 0.0949. The summed E-state index contributed by atoms with van der Waals surface area (Å²) in [5.41, 5.74) is 2.87. The van der Waals surface area contributed by atoms with E-state index in [1.807, 2.05) is 19.9 Å². The fourth-order valence-electron chi connectivity index (χ4n) is 2.48. The minimum Gasteiger partial charge on any atom is -0.366 e. The van der Waals surface area contributed by atoms with E-state index in [0.717, 1.165) is 0 Å². The molecule has 3 rings (SSSR count). The van der Waals surface area contributed by atoms with Crippen LogP contribution in [0.5, 0.6) is 0 Å². The average Bonchev–Trinajstić information content (AvgIpc) is 3.14. The van der Waals surface area contributed by atoms with Crippen molar-refractivity contribution in [3.05, 3.63) is 71.0 Å². The molecular weight excluding hydrogens is 342 g/mol. The van der Waals surface area contributed by atoms with Gasteiger partial charge in [0, 0.05) is 18.7 Å². The van der Waals surface area contributed by atoms with E-state index in [0.29, 0.717) is 29.6 Å². The molecule has 7 nitrogen and oxygen atoms in total. The van der Waals surface area contributed by atoms with Crippen LogP contribution in [-0.2, 0) is 13.1 Å². The van der Waals surface area contributed by atoms with Gasteiger partial charge in [0.05, 0.1) is 12.1 Å². The number of aromatic nitrogens is 3. The maximum Gasteiger partial charge on any atom is 0.253 e. The Balaban J connectivity index is 1.52. The van der Waals surface area contributed by atoms with Gasteiger partial charge >= 0.3 is 0 Å². The summed E-state index contributed by atoms with van der Waals surface area (Å²) in [6, 6.07) is 11.8. The molecule has 27 heavy (non-hydrogen) atoms. The highest BCUT2D eigenvalue weighted by atomic mass is 16.5. The van der Waals surface area contributed by atoms with Crippen molar-refractivity contribution in [2.75, 3.05) is 5.32 Å². The van der Waals surface area contributed by atoms with Gasteiger partial charge in [0.15, 0.2) is 5.82 Å². The van der Waals surface area contributed by atoms with Gasteiger partial charge in [-0.2, -0.15) is 4.98 Å². The molecule has 0 saturated heterocycles. The van der Waals surface area contributed by atoms with Crippen molar-refractivity contribution >= 4 is 11.7 Å². The lowest BCUT2D eigenvalue weighted by Gasteiger charge is -2.07. The third-order valence-corrected chi connectivity index (χ3v) is 3.97. The molecule has 0 fully saturated rings. The topological polar surface area (TPSA) is 92.9 Å². The van der Waals surface area contributed by atoms with E-state index in [9.17, 15) is 4.79 Å². The van der Waals surface area contributed by atoms with E-state index in [-0.39, 0.29) is 18.4 Å². The number of anilines is 1. The molecule has 0 radical (unpaired) electrons. The third kappa shape index (κ3) is 5.13. The average molecular weight is 365 g/mol. The Bertz CT molecular complexity index is 903. The van der Waals surface area contributed by atoms with Crippen molar-refractivity contribution in [2.45, 2.75) is 39.8 Å². The molecule has 1 amide bonds. The molecule has 2 N–H and O–H groups in total. The number of benzene rings is 1. The highest BCUT2D eigenvalue weighted by Crippen LogP contribution is 2.11. The number of aryl methyl sites for hydroxylation is 1. The van der Waals surface area contributed by atoms with Crippen LogP contribution in [-0.4, -0.2) is 21.0 Å². The smallest absolute Gasteiger partial charge is 0.253 e. The van der Waals surface area contributed by atoms with Crippen molar-refractivity contribution in [1.82, 2.24) is 20.4 Å². The zero-order chi connectivity index (χ0) is 19.2. The molecule has 1 aromatic carbocycles. The molecule has 0 spiro atoms. The molecule has 0 bridgehead atoms. The molecule has 0 atom stereocenters. The summed E-state index contributed by atoms with van der Waals surface area (Å²) in [6.45, 7) is 6.89. The Morgan fingerprint density at radius 3 is 2.70 bits per heavy atom. The van der Waals surface area contributed by atoms with Crippen LogP contribution in [0.25, 0.3) is 0 Å². The van der Waals surface area contributed by atoms with E-state index >= 15 is 0 Å². The number of hydrogen-bond donors (Lipinski definition) is 2. The number of amides is 1. The zero-order valence-corrected chi connectivity index (χ0v) is 15.7. The molecule has 140 valence electrons. The fraction of sp³-hybridized carbons (Fsp3) is 0.300. The fourth-order valence-corrected chi connectivity index (χ4v) is 2.48.